The maximum absolute atomic E-state index is 4.61. The third kappa shape index (κ3) is 1.78. The lowest BCUT2D eigenvalue weighted by Crippen LogP contribution is -1.90. The molecule has 4 rings (SSSR count). The van der Waals surface area contributed by atoms with E-state index in [4.69, 9.17) is 0 Å². The van der Waals surface area contributed by atoms with Gasteiger partial charge in [-0.25, -0.2) is 9.97 Å². The van der Waals surface area contributed by atoms with Gasteiger partial charge in [0.2, 0.25) is 0 Å². The number of fused-ring (bicyclic) bond motifs is 2. The Balaban J connectivity index is 1.91. The fraction of sp³-hybridized carbons (Fsp3) is 0. The highest BCUT2D eigenvalue weighted by Crippen LogP contribution is 2.20. The Morgan fingerprint density at radius 3 is 1.50 bits per heavy atom. The smallest absolute Gasteiger partial charge is 0.0895 e. The molecule has 0 saturated heterocycles. The van der Waals surface area contributed by atoms with Crippen LogP contribution in [0.5, 0.6) is 0 Å². The minimum Gasteiger partial charge on any atom is -0.255 e. The maximum atomic E-state index is 4.61. The molecule has 4 aromatic heterocycles. The lowest BCUT2D eigenvalue weighted by Gasteiger charge is -2.03. The van der Waals surface area contributed by atoms with Crippen molar-refractivity contribution in [3.05, 3.63) is 60.9 Å². The monoisotopic (exact) mass is 258 g/mol. The summed E-state index contributed by atoms with van der Waals surface area (Å²) in [4.78, 5) is 17.8. The van der Waals surface area contributed by atoms with Crippen LogP contribution in [0.4, 0.5) is 0 Å². The summed E-state index contributed by atoms with van der Waals surface area (Å²) in [6.45, 7) is 0. The highest BCUT2D eigenvalue weighted by molar-refractivity contribution is 5.80. The Morgan fingerprint density at radius 2 is 1.00 bits per heavy atom. The average Bonchev–Trinajstić information content (AvgIpc) is 2.54. The first-order chi connectivity index (χ1) is 9.90. The van der Waals surface area contributed by atoms with Gasteiger partial charge in [0.1, 0.15) is 0 Å². The zero-order valence-electron chi connectivity index (χ0n) is 10.6. The Bertz CT molecular complexity index is 841. The number of nitrogens with zero attached hydrogens (tertiary/aromatic N) is 4. The molecule has 4 heteroatoms. The van der Waals surface area contributed by atoms with Gasteiger partial charge in [0, 0.05) is 12.4 Å². The first-order valence-corrected chi connectivity index (χ1v) is 6.34. The second-order valence-electron chi connectivity index (χ2n) is 4.48. The molecule has 0 spiro atoms. The van der Waals surface area contributed by atoms with Gasteiger partial charge in [-0.05, 0) is 48.5 Å². The number of hydrogen-bond acceptors (Lipinski definition) is 4. The van der Waals surface area contributed by atoms with Gasteiger partial charge >= 0.3 is 0 Å². The molecular formula is C16H10N4. The van der Waals surface area contributed by atoms with E-state index in [1.165, 1.54) is 0 Å². The van der Waals surface area contributed by atoms with E-state index in [1.807, 2.05) is 48.5 Å². The SMILES string of the molecule is c1cnc2ccc(-c3ccc4ncccc4n3)nc2c1. The molecular weight excluding hydrogens is 248 g/mol. The van der Waals surface area contributed by atoms with Gasteiger partial charge in [-0.2, -0.15) is 0 Å². The zero-order chi connectivity index (χ0) is 13.4. The van der Waals surface area contributed by atoms with E-state index < -0.39 is 0 Å². The summed E-state index contributed by atoms with van der Waals surface area (Å²) in [6.07, 6.45) is 3.53. The minimum absolute atomic E-state index is 0.844. The van der Waals surface area contributed by atoms with Gasteiger partial charge in [-0.1, -0.05) is 0 Å². The van der Waals surface area contributed by atoms with Crippen molar-refractivity contribution in [3.63, 3.8) is 0 Å². The van der Waals surface area contributed by atoms with Crippen LogP contribution in [0.15, 0.2) is 60.9 Å². The number of rotatable bonds is 1. The van der Waals surface area contributed by atoms with Crippen molar-refractivity contribution in [2.45, 2.75) is 0 Å². The van der Waals surface area contributed by atoms with Crippen LogP contribution in [0, 0.1) is 0 Å². The van der Waals surface area contributed by atoms with Crippen molar-refractivity contribution in [2.75, 3.05) is 0 Å². The van der Waals surface area contributed by atoms with Crippen molar-refractivity contribution < 1.29 is 0 Å². The molecule has 0 saturated carbocycles. The molecule has 0 amide bonds. The predicted molar refractivity (Wildman–Crippen MR) is 78.1 cm³/mol. The summed E-state index contributed by atoms with van der Waals surface area (Å²) in [5.74, 6) is 0. The van der Waals surface area contributed by atoms with Crippen molar-refractivity contribution in [1.29, 1.82) is 0 Å². The third-order valence-corrected chi connectivity index (χ3v) is 3.17. The normalized spacial score (nSPS) is 11.0. The third-order valence-electron chi connectivity index (χ3n) is 3.17. The molecule has 0 aliphatic carbocycles. The molecule has 4 nitrogen and oxygen atoms in total. The molecule has 4 heterocycles. The van der Waals surface area contributed by atoms with Gasteiger partial charge in [0.05, 0.1) is 33.5 Å². The van der Waals surface area contributed by atoms with Crippen LogP contribution in [-0.2, 0) is 0 Å². The van der Waals surface area contributed by atoms with Crippen LogP contribution in [-0.4, -0.2) is 19.9 Å². The molecule has 0 aliphatic heterocycles. The highest BCUT2D eigenvalue weighted by Gasteiger charge is 2.04. The molecule has 4 aromatic rings. The largest absolute Gasteiger partial charge is 0.255 e. The number of pyridine rings is 4. The summed E-state index contributed by atoms with van der Waals surface area (Å²) >= 11 is 0. The Hall–Kier alpha value is -2.88. The zero-order valence-corrected chi connectivity index (χ0v) is 10.6. The number of aromatic nitrogens is 4. The molecule has 0 aromatic carbocycles. The Labute approximate surface area is 115 Å². The maximum Gasteiger partial charge on any atom is 0.0895 e. The van der Waals surface area contributed by atoms with Crippen molar-refractivity contribution in [1.82, 2.24) is 19.9 Å². The van der Waals surface area contributed by atoms with Gasteiger partial charge in [-0.15, -0.1) is 0 Å². The first-order valence-electron chi connectivity index (χ1n) is 6.34. The fourth-order valence-corrected chi connectivity index (χ4v) is 2.20. The van der Waals surface area contributed by atoms with E-state index in [2.05, 4.69) is 19.9 Å². The fourth-order valence-electron chi connectivity index (χ4n) is 2.20. The van der Waals surface area contributed by atoms with E-state index in [-0.39, 0.29) is 0 Å². The standard InChI is InChI=1S/C16H10N4/c1-3-13-11(17-9-1)5-7-15(19-13)16-8-6-12-14(20-16)4-2-10-18-12/h1-10H. The van der Waals surface area contributed by atoms with E-state index in [1.54, 1.807) is 12.4 Å². The van der Waals surface area contributed by atoms with E-state index in [9.17, 15) is 0 Å². The lowest BCUT2D eigenvalue weighted by atomic mass is 10.2. The summed E-state index contributed by atoms with van der Waals surface area (Å²) in [5, 5.41) is 0. The minimum atomic E-state index is 0.844. The van der Waals surface area contributed by atoms with Crippen LogP contribution in [0.1, 0.15) is 0 Å². The van der Waals surface area contributed by atoms with Gasteiger partial charge in [0.15, 0.2) is 0 Å². The van der Waals surface area contributed by atoms with E-state index in [0.717, 1.165) is 33.5 Å². The van der Waals surface area contributed by atoms with Gasteiger partial charge in [0.25, 0.3) is 0 Å². The van der Waals surface area contributed by atoms with Crippen LogP contribution in [0.25, 0.3) is 33.5 Å². The molecule has 0 unspecified atom stereocenters. The summed E-state index contributed by atoms with van der Waals surface area (Å²) < 4.78 is 0. The highest BCUT2D eigenvalue weighted by atomic mass is 14.8. The van der Waals surface area contributed by atoms with Crippen molar-refractivity contribution in [3.8, 4) is 11.4 Å². The number of hydrogen-bond donors (Lipinski definition) is 0. The van der Waals surface area contributed by atoms with Crippen LogP contribution < -0.4 is 0 Å². The molecule has 0 atom stereocenters. The first kappa shape index (κ1) is 11.0. The quantitative estimate of drug-likeness (QED) is 0.526. The topological polar surface area (TPSA) is 51.6 Å². The predicted octanol–water partition coefficient (Wildman–Crippen LogP) is 3.24. The molecule has 0 fully saturated rings. The lowest BCUT2D eigenvalue weighted by molar-refractivity contribution is 1.28. The summed E-state index contributed by atoms with van der Waals surface area (Å²) in [6, 6.07) is 15.5. The Morgan fingerprint density at radius 1 is 0.500 bits per heavy atom. The molecule has 94 valence electrons. The average molecular weight is 258 g/mol. The molecule has 0 radical (unpaired) electrons. The van der Waals surface area contributed by atoms with E-state index in [0.29, 0.717) is 0 Å². The van der Waals surface area contributed by atoms with Crippen LogP contribution >= 0.6 is 0 Å². The summed E-state index contributed by atoms with van der Waals surface area (Å²) in [7, 11) is 0. The van der Waals surface area contributed by atoms with Crippen LogP contribution in [0.2, 0.25) is 0 Å². The summed E-state index contributed by atoms with van der Waals surface area (Å²) in [5.41, 5.74) is 5.21. The second-order valence-corrected chi connectivity index (χ2v) is 4.48. The molecule has 0 bridgehead atoms. The molecule has 0 N–H and O–H groups in total. The Kier molecular flexibility index (Phi) is 2.39. The van der Waals surface area contributed by atoms with Crippen LogP contribution in [0.3, 0.4) is 0 Å². The second kappa shape index (κ2) is 4.35. The van der Waals surface area contributed by atoms with E-state index >= 15 is 0 Å². The van der Waals surface area contributed by atoms with Gasteiger partial charge < -0.3 is 0 Å². The van der Waals surface area contributed by atoms with Gasteiger partial charge in [-0.3, -0.25) is 9.97 Å². The molecule has 0 aliphatic rings. The van der Waals surface area contributed by atoms with Crippen molar-refractivity contribution in [2.24, 2.45) is 0 Å². The molecule has 20 heavy (non-hydrogen) atoms. The van der Waals surface area contributed by atoms with Crippen molar-refractivity contribution >= 4 is 22.1 Å².